The maximum atomic E-state index is 8.23. The Morgan fingerprint density at radius 2 is 2.20 bits per heavy atom. The molecule has 0 bridgehead atoms. The molecule has 3 nitrogen and oxygen atoms in total. The molecule has 0 aliphatic heterocycles. The number of hydrogen-bond acceptors (Lipinski definition) is 2. The molecular weight excluding hydrogens is 125 g/mol. The van der Waals surface area contributed by atoms with Crippen LogP contribution in [-0.4, -0.2) is 35.3 Å². The molecule has 0 heterocycles. The molecule has 0 radical (unpaired) electrons. The third-order valence-corrected chi connectivity index (χ3v) is 1.24. The van der Waals surface area contributed by atoms with E-state index in [9.17, 15) is 0 Å². The van der Waals surface area contributed by atoms with Gasteiger partial charge in [0.25, 0.3) is 0 Å². The third kappa shape index (κ3) is 3.73. The summed E-state index contributed by atoms with van der Waals surface area (Å²) in [7, 11) is 0. The summed E-state index contributed by atoms with van der Waals surface area (Å²) in [5, 5.41) is 11.3. The zero-order chi connectivity index (χ0) is 5.82. The second-order valence-corrected chi connectivity index (χ2v) is 1.89. The van der Waals surface area contributed by atoms with Crippen LogP contribution in [0.5, 0.6) is 0 Å². The maximum absolute atomic E-state index is 8.23. The van der Waals surface area contributed by atoms with Crippen molar-refractivity contribution < 1.29 is 10.7 Å². The van der Waals surface area contributed by atoms with E-state index in [-0.39, 0.29) is 24.3 Å². The van der Waals surface area contributed by atoms with E-state index in [2.05, 4.69) is 5.16 Å². The van der Waals surface area contributed by atoms with Gasteiger partial charge in [-0.2, -0.15) is 0 Å². The van der Waals surface area contributed by atoms with Gasteiger partial charge in [-0.25, -0.2) is 0 Å². The molecule has 0 aromatic heterocycles. The van der Waals surface area contributed by atoms with Crippen molar-refractivity contribution in [1.29, 1.82) is 0 Å². The van der Waals surface area contributed by atoms with Crippen LogP contribution in [0.4, 0.5) is 0 Å². The van der Waals surface area contributed by atoms with Gasteiger partial charge in [0.2, 0.25) is 0 Å². The van der Waals surface area contributed by atoms with E-state index in [0.717, 1.165) is 25.0 Å². The van der Waals surface area contributed by atoms with Gasteiger partial charge in [0.1, 0.15) is 0 Å². The van der Waals surface area contributed by atoms with Crippen LogP contribution in [0.2, 0.25) is 0 Å². The van der Waals surface area contributed by atoms with E-state index >= 15 is 0 Å². The van der Waals surface area contributed by atoms with Crippen molar-refractivity contribution in [3.8, 4) is 0 Å². The summed E-state index contributed by atoms with van der Waals surface area (Å²) in [4.78, 5) is 0. The Morgan fingerprint density at radius 1 is 1.50 bits per heavy atom. The molecule has 0 aromatic rings. The van der Waals surface area contributed by atoms with Crippen molar-refractivity contribution in [3.05, 3.63) is 12.2 Å². The van der Waals surface area contributed by atoms with E-state index in [1.54, 1.807) is 0 Å². The van der Waals surface area contributed by atoms with E-state index in [0.29, 0.717) is 0 Å². The molecule has 54 valence electrons. The Morgan fingerprint density at radius 3 is 2.50 bits per heavy atom. The summed E-state index contributed by atoms with van der Waals surface area (Å²) in [6, 6.07) is 0. The van der Waals surface area contributed by atoms with Crippen molar-refractivity contribution in [2.75, 3.05) is 0 Å². The summed E-state index contributed by atoms with van der Waals surface area (Å²) in [6.07, 6.45) is 7.06. The zero-order valence-corrected chi connectivity index (χ0v) is 5.17. The Bertz CT molecular complexity index is 134. The predicted molar refractivity (Wildman–Crippen MR) is 43.0 cm³/mol. The molecule has 0 saturated heterocycles. The average Bonchev–Trinajstić information content (AvgIpc) is 1.90. The van der Waals surface area contributed by atoms with Crippen LogP contribution in [0.3, 0.4) is 0 Å². The van der Waals surface area contributed by atoms with Crippen molar-refractivity contribution >= 4 is 24.6 Å². The fourth-order valence-corrected chi connectivity index (χ4v) is 0.787. The van der Waals surface area contributed by atoms with Gasteiger partial charge < -0.3 is 10.7 Å². The van der Waals surface area contributed by atoms with Gasteiger partial charge in [0, 0.05) is 0 Å². The first kappa shape index (κ1) is 12.4. The molecule has 1 aliphatic rings. The van der Waals surface area contributed by atoms with Gasteiger partial charge in [-0.3, -0.25) is 0 Å². The Hall–Kier alpha value is -0.233. The zero-order valence-electron chi connectivity index (χ0n) is 5.17. The number of allylic oxidation sites excluding steroid dienone is 2. The van der Waals surface area contributed by atoms with Crippen LogP contribution in [0, 0.1) is 0 Å². The van der Waals surface area contributed by atoms with E-state index in [1.807, 2.05) is 12.2 Å². The Labute approximate surface area is 72.3 Å². The number of rotatable bonds is 0. The number of nitrogens with zero attached hydrogens (tertiary/aromatic N) is 1. The first-order valence-corrected chi connectivity index (χ1v) is 2.81. The predicted octanol–water partition coefficient (Wildman–Crippen LogP) is 0.0835. The van der Waals surface area contributed by atoms with Gasteiger partial charge in [-0.15, -0.1) is 0 Å². The summed E-state index contributed by atoms with van der Waals surface area (Å²) in [5.41, 5.74) is 0.802. The Balaban J connectivity index is 0. The van der Waals surface area contributed by atoms with Crippen molar-refractivity contribution in [2.45, 2.75) is 19.3 Å². The molecule has 0 amide bonds. The van der Waals surface area contributed by atoms with Crippen LogP contribution in [0.1, 0.15) is 19.3 Å². The fraction of sp³-hybridized carbons (Fsp3) is 0.500. The standard InChI is InChI=1S/C6H9NO.Li.H2O.H/c8-7-6-4-2-1-3-5-6;;;/h2,4,8H,1,3,5H2;;1H2;. The third-order valence-electron chi connectivity index (χ3n) is 1.24. The molecule has 10 heavy (non-hydrogen) atoms. The van der Waals surface area contributed by atoms with Crippen LogP contribution in [0.15, 0.2) is 17.3 Å². The van der Waals surface area contributed by atoms with Gasteiger partial charge in [0.05, 0.1) is 5.71 Å². The first-order valence-electron chi connectivity index (χ1n) is 2.81. The SMILES string of the molecule is O.ON=C1C=CCCC1.[LiH]. The van der Waals surface area contributed by atoms with Gasteiger partial charge in [-0.05, 0) is 25.3 Å². The molecule has 0 aromatic carbocycles. The molecule has 0 saturated carbocycles. The summed E-state index contributed by atoms with van der Waals surface area (Å²) < 4.78 is 0. The average molecular weight is 137 g/mol. The molecule has 1 rings (SSSR count). The van der Waals surface area contributed by atoms with Crippen molar-refractivity contribution in [1.82, 2.24) is 0 Å². The molecule has 0 spiro atoms. The van der Waals surface area contributed by atoms with Crippen molar-refractivity contribution in [2.24, 2.45) is 5.16 Å². The monoisotopic (exact) mass is 137 g/mol. The van der Waals surface area contributed by atoms with Crippen molar-refractivity contribution in [3.63, 3.8) is 0 Å². The summed E-state index contributed by atoms with van der Waals surface area (Å²) >= 11 is 0. The quantitative estimate of drug-likeness (QED) is 0.287. The van der Waals surface area contributed by atoms with Gasteiger partial charge in [-0.1, -0.05) is 11.2 Å². The van der Waals surface area contributed by atoms with Gasteiger partial charge in [0.15, 0.2) is 0 Å². The molecule has 1 aliphatic carbocycles. The molecule has 4 heteroatoms. The molecule has 3 N–H and O–H groups in total. The minimum absolute atomic E-state index is 0. The van der Waals surface area contributed by atoms with E-state index < -0.39 is 0 Å². The number of hydrogen-bond donors (Lipinski definition) is 1. The van der Waals surface area contributed by atoms with Crippen LogP contribution < -0.4 is 0 Å². The number of oxime groups is 1. The molecule has 0 fully saturated rings. The molecular formula is C6H12LiNO2. The van der Waals surface area contributed by atoms with Gasteiger partial charge >= 0.3 is 18.9 Å². The van der Waals surface area contributed by atoms with E-state index in [4.69, 9.17) is 5.21 Å². The fourth-order valence-electron chi connectivity index (χ4n) is 0.787. The van der Waals surface area contributed by atoms with Crippen LogP contribution in [0.25, 0.3) is 0 Å². The summed E-state index contributed by atoms with van der Waals surface area (Å²) in [5.74, 6) is 0. The first-order chi connectivity index (χ1) is 3.93. The minimum atomic E-state index is 0. The summed E-state index contributed by atoms with van der Waals surface area (Å²) in [6.45, 7) is 0. The second kappa shape index (κ2) is 6.88. The Kier molecular flexibility index (Phi) is 8.56. The topological polar surface area (TPSA) is 64.1 Å². The molecule has 0 unspecified atom stereocenters. The molecule has 0 atom stereocenters. The normalized spacial score (nSPS) is 19.4. The van der Waals surface area contributed by atoms with Crippen LogP contribution >= 0.6 is 0 Å². The van der Waals surface area contributed by atoms with E-state index in [1.165, 1.54) is 0 Å². The second-order valence-electron chi connectivity index (χ2n) is 1.89. The van der Waals surface area contributed by atoms with Crippen LogP contribution in [-0.2, 0) is 0 Å².